The van der Waals surface area contributed by atoms with Gasteiger partial charge in [-0.15, -0.1) is 0 Å². The van der Waals surface area contributed by atoms with Crippen LogP contribution in [0, 0.1) is 6.92 Å². The molecular weight excluding hydrogens is 438 g/mol. The van der Waals surface area contributed by atoms with E-state index in [1.807, 2.05) is 55.5 Å². The zero-order valence-corrected chi connectivity index (χ0v) is 19.1. The first-order valence-corrected chi connectivity index (χ1v) is 10.9. The Kier molecular flexibility index (Phi) is 6.38. The topological polar surface area (TPSA) is 76.3 Å². The zero-order chi connectivity index (χ0) is 23.5. The predicted molar refractivity (Wildman–Crippen MR) is 131 cm³/mol. The van der Waals surface area contributed by atoms with Crippen molar-refractivity contribution in [3.63, 3.8) is 0 Å². The van der Waals surface area contributed by atoms with Crippen molar-refractivity contribution in [1.82, 2.24) is 9.13 Å². The van der Waals surface area contributed by atoms with Gasteiger partial charge in [-0.2, -0.15) is 0 Å². The first kappa shape index (κ1) is 22.4. The van der Waals surface area contributed by atoms with Gasteiger partial charge in [0.05, 0.1) is 11.2 Å². The molecule has 4 aromatic rings. The van der Waals surface area contributed by atoms with E-state index in [1.54, 1.807) is 25.2 Å². The zero-order valence-electron chi connectivity index (χ0n) is 18.4. The molecular formula is C26H24ClN3O3. The third-order valence-corrected chi connectivity index (χ3v) is 5.94. The highest BCUT2D eigenvalue weighted by Crippen LogP contribution is 2.28. The van der Waals surface area contributed by atoms with E-state index >= 15 is 0 Å². The normalized spacial score (nSPS) is 10.9. The van der Waals surface area contributed by atoms with E-state index in [-0.39, 0.29) is 17.4 Å². The molecule has 6 nitrogen and oxygen atoms in total. The van der Waals surface area contributed by atoms with Crippen molar-refractivity contribution >= 4 is 28.8 Å². The van der Waals surface area contributed by atoms with Crippen molar-refractivity contribution in [1.29, 1.82) is 0 Å². The molecule has 1 heterocycles. The standard InChI is InChI=1S/C26H24ClN3O3/c1-17-7-3-5-9-20(17)25(32)21-12-11-19(15-22(21)27)28-23-10-6-4-8-18(23)13-14-30-24(31)16-29(2)26(30)33/h3-12,15-16,28,31H,13-14H2,1-2H3. The van der Waals surface area contributed by atoms with Gasteiger partial charge in [-0.1, -0.05) is 54.1 Å². The Morgan fingerprint density at radius 2 is 1.76 bits per heavy atom. The molecule has 0 aliphatic rings. The van der Waals surface area contributed by atoms with E-state index in [0.717, 1.165) is 22.5 Å². The van der Waals surface area contributed by atoms with Crippen LogP contribution < -0.4 is 11.0 Å². The van der Waals surface area contributed by atoms with Crippen molar-refractivity contribution in [2.24, 2.45) is 7.05 Å². The Bertz CT molecular complexity index is 1390. The van der Waals surface area contributed by atoms with Gasteiger partial charge in [0, 0.05) is 36.1 Å². The average Bonchev–Trinajstić information content (AvgIpc) is 3.04. The minimum Gasteiger partial charge on any atom is -0.493 e. The van der Waals surface area contributed by atoms with E-state index in [0.29, 0.717) is 29.1 Å². The number of nitrogens with one attached hydrogen (secondary N) is 1. The van der Waals surface area contributed by atoms with Crippen LogP contribution in [0.25, 0.3) is 0 Å². The molecule has 7 heteroatoms. The van der Waals surface area contributed by atoms with Gasteiger partial charge >= 0.3 is 5.69 Å². The number of anilines is 2. The van der Waals surface area contributed by atoms with Crippen LogP contribution in [-0.4, -0.2) is 20.0 Å². The molecule has 0 bridgehead atoms. The number of para-hydroxylation sites is 1. The van der Waals surface area contributed by atoms with Crippen molar-refractivity contribution in [2.45, 2.75) is 19.9 Å². The number of carbonyl (C=O) groups excluding carboxylic acids is 1. The number of rotatable bonds is 7. The van der Waals surface area contributed by atoms with Crippen LogP contribution >= 0.6 is 11.6 Å². The Balaban J connectivity index is 1.54. The number of imidazole rings is 1. The third-order valence-electron chi connectivity index (χ3n) is 5.62. The second-order valence-corrected chi connectivity index (χ2v) is 8.31. The van der Waals surface area contributed by atoms with E-state index in [1.165, 1.54) is 15.3 Å². The average molecular weight is 462 g/mol. The van der Waals surface area contributed by atoms with E-state index in [2.05, 4.69) is 5.32 Å². The fraction of sp³-hybridized carbons (Fsp3) is 0.154. The quantitative estimate of drug-likeness (QED) is 0.377. The highest BCUT2D eigenvalue weighted by Gasteiger charge is 2.15. The van der Waals surface area contributed by atoms with Gasteiger partial charge in [0.15, 0.2) is 5.78 Å². The highest BCUT2D eigenvalue weighted by molar-refractivity contribution is 6.35. The summed E-state index contributed by atoms with van der Waals surface area (Å²) in [5.41, 5.74) is 4.29. The summed E-state index contributed by atoms with van der Waals surface area (Å²) in [6.07, 6.45) is 1.94. The minimum absolute atomic E-state index is 0.0615. The smallest absolute Gasteiger partial charge is 0.330 e. The molecule has 33 heavy (non-hydrogen) atoms. The summed E-state index contributed by atoms with van der Waals surface area (Å²) in [7, 11) is 1.60. The molecule has 168 valence electrons. The molecule has 0 radical (unpaired) electrons. The molecule has 0 aliphatic carbocycles. The molecule has 0 atom stereocenters. The summed E-state index contributed by atoms with van der Waals surface area (Å²) >= 11 is 6.48. The minimum atomic E-state index is -0.265. The number of aromatic hydroxyl groups is 1. The lowest BCUT2D eigenvalue weighted by Gasteiger charge is -2.14. The summed E-state index contributed by atoms with van der Waals surface area (Å²) in [5, 5.41) is 13.7. The van der Waals surface area contributed by atoms with Crippen LogP contribution in [0.4, 0.5) is 11.4 Å². The summed E-state index contributed by atoms with van der Waals surface area (Å²) in [5.74, 6) is -0.174. The van der Waals surface area contributed by atoms with Crippen LogP contribution in [0.5, 0.6) is 5.88 Å². The van der Waals surface area contributed by atoms with Gasteiger partial charge in [0.1, 0.15) is 0 Å². The first-order chi connectivity index (χ1) is 15.8. The number of aryl methyl sites for hydroxylation is 3. The summed E-state index contributed by atoms with van der Waals surface area (Å²) in [4.78, 5) is 25.1. The molecule has 0 amide bonds. The largest absolute Gasteiger partial charge is 0.493 e. The van der Waals surface area contributed by atoms with Crippen molar-refractivity contribution < 1.29 is 9.90 Å². The van der Waals surface area contributed by atoms with Gasteiger partial charge < -0.3 is 10.4 Å². The van der Waals surface area contributed by atoms with Gasteiger partial charge in [-0.25, -0.2) is 4.79 Å². The van der Waals surface area contributed by atoms with E-state index in [9.17, 15) is 14.7 Å². The van der Waals surface area contributed by atoms with Crippen molar-refractivity contribution in [2.75, 3.05) is 5.32 Å². The molecule has 2 N–H and O–H groups in total. The molecule has 0 unspecified atom stereocenters. The maximum absolute atomic E-state index is 12.9. The van der Waals surface area contributed by atoms with Crippen LogP contribution in [0.3, 0.4) is 0 Å². The van der Waals surface area contributed by atoms with Crippen LogP contribution in [0.1, 0.15) is 27.0 Å². The number of aromatic nitrogens is 2. The summed E-state index contributed by atoms with van der Waals surface area (Å²) < 4.78 is 2.68. The number of nitrogens with zero attached hydrogens (tertiary/aromatic N) is 2. The fourth-order valence-corrected chi connectivity index (χ4v) is 4.06. The molecule has 0 saturated heterocycles. The Morgan fingerprint density at radius 1 is 1.03 bits per heavy atom. The molecule has 3 aromatic carbocycles. The predicted octanol–water partition coefficient (Wildman–Crippen LogP) is 5.07. The number of benzene rings is 3. The molecule has 0 aliphatic heterocycles. The second kappa shape index (κ2) is 9.38. The first-order valence-electron chi connectivity index (χ1n) is 10.5. The molecule has 0 fully saturated rings. The number of carbonyl (C=O) groups is 1. The Labute approximate surface area is 196 Å². The highest BCUT2D eigenvalue weighted by atomic mass is 35.5. The summed E-state index contributed by atoms with van der Waals surface area (Å²) in [6, 6.07) is 20.4. The van der Waals surface area contributed by atoms with Gasteiger partial charge in [-0.3, -0.25) is 13.9 Å². The fourth-order valence-electron chi connectivity index (χ4n) is 3.79. The third kappa shape index (κ3) is 4.71. The molecule has 0 saturated carbocycles. The van der Waals surface area contributed by atoms with E-state index < -0.39 is 0 Å². The Morgan fingerprint density at radius 3 is 2.45 bits per heavy atom. The van der Waals surface area contributed by atoms with Crippen LogP contribution in [-0.2, 0) is 20.0 Å². The Hall–Kier alpha value is -3.77. The summed E-state index contributed by atoms with van der Waals surface area (Å²) in [6.45, 7) is 2.24. The number of hydrogen-bond acceptors (Lipinski definition) is 4. The van der Waals surface area contributed by atoms with Crippen molar-refractivity contribution in [3.8, 4) is 5.88 Å². The second-order valence-electron chi connectivity index (χ2n) is 7.90. The van der Waals surface area contributed by atoms with Gasteiger partial charge in [-0.05, 0) is 48.7 Å². The number of ketones is 1. The SMILES string of the molecule is Cc1ccccc1C(=O)c1ccc(Nc2ccccc2CCn2c(O)cn(C)c2=O)cc1Cl. The monoisotopic (exact) mass is 461 g/mol. The molecule has 1 aromatic heterocycles. The van der Waals surface area contributed by atoms with Crippen molar-refractivity contribution in [3.05, 3.63) is 111 Å². The van der Waals surface area contributed by atoms with Gasteiger partial charge in [0.2, 0.25) is 5.88 Å². The van der Waals surface area contributed by atoms with Crippen LogP contribution in [0.15, 0.2) is 77.7 Å². The molecule has 4 rings (SSSR count). The lowest BCUT2D eigenvalue weighted by molar-refractivity contribution is 0.103. The molecule has 0 spiro atoms. The lowest BCUT2D eigenvalue weighted by atomic mass is 9.99. The lowest BCUT2D eigenvalue weighted by Crippen LogP contribution is -2.23. The maximum Gasteiger partial charge on any atom is 0.330 e. The number of hydrogen-bond donors (Lipinski definition) is 2. The maximum atomic E-state index is 12.9. The van der Waals surface area contributed by atoms with Gasteiger partial charge in [0.25, 0.3) is 0 Å². The van der Waals surface area contributed by atoms with E-state index in [4.69, 9.17) is 11.6 Å². The number of halogens is 1. The van der Waals surface area contributed by atoms with Crippen LogP contribution in [0.2, 0.25) is 5.02 Å².